The summed E-state index contributed by atoms with van der Waals surface area (Å²) in [5.74, 6) is 0. The third-order valence-corrected chi connectivity index (χ3v) is 0.500. The average Bonchev–Trinajstić information content (AvgIpc) is 2.30. The number of halogens is 1. The molecule has 0 spiro atoms. The molecular weight excluding hydrogens is 114 g/mol. The summed E-state index contributed by atoms with van der Waals surface area (Å²) in [5, 5.41) is 0. The first kappa shape index (κ1) is 10.2. The Labute approximate surface area is 50.4 Å². The van der Waals surface area contributed by atoms with Gasteiger partial charge >= 0.3 is 0 Å². The first-order valence-electron chi connectivity index (χ1n) is 2.09. The van der Waals surface area contributed by atoms with Gasteiger partial charge in [0.15, 0.2) is 0 Å². The lowest BCUT2D eigenvalue weighted by atomic mass is 10.6. The molecule has 0 amide bonds. The minimum absolute atomic E-state index is 0. The SMILES string of the molecule is CC1CO1.CN.Cl. The molecule has 0 aromatic heterocycles. The van der Waals surface area contributed by atoms with Crippen molar-refractivity contribution >= 4 is 12.4 Å². The van der Waals surface area contributed by atoms with E-state index in [1.807, 2.05) is 0 Å². The monoisotopic (exact) mass is 125 g/mol. The van der Waals surface area contributed by atoms with Crippen LogP contribution in [0.5, 0.6) is 0 Å². The van der Waals surface area contributed by atoms with Crippen molar-refractivity contribution in [1.29, 1.82) is 0 Å². The quantitative estimate of drug-likeness (QED) is 0.476. The van der Waals surface area contributed by atoms with E-state index in [0.717, 1.165) is 6.61 Å². The van der Waals surface area contributed by atoms with Crippen LogP contribution in [0.2, 0.25) is 0 Å². The van der Waals surface area contributed by atoms with E-state index < -0.39 is 0 Å². The van der Waals surface area contributed by atoms with Crippen LogP contribution in [-0.4, -0.2) is 19.8 Å². The molecule has 2 N–H and O–H groups in total. The maximum atomic E-state index is 4.71. The molecule has 7 heavy (non-hydrogen) atoms. The highest BCUT2D eigenvalue weighted by molar-refractivity contribution is 5.85. The summed E-state index contributed by atoms with van der Waals surface area (Å²) >= 11 is 0. The van der Waals surface area contributed by atoms with Gasteiger partial charge in [0.05, 0.1) is 12.7 Å². The standard InChI is InChI=1S/C3H6O.CH5N.ClH/c1-3-2-4-3;1-2;/h3H,2H2,1H3;2H2,1H3;1H. The van der Waals surface area contributed by atoms with Crippen LogP contribution in [0.1, 0.15) is 6.92 Å². The second-order valence-corrected chi connectivity index (χ2v) is 1.14. The normalized spacial score (nSPS) is 23.6. The van der Waals surface area contributed by atoms with Crippen molar-refractivity contribution in [1.82, 2.24) is 0 Å². The van der Waals surface area contributed by atoms with Gasteiger partial charge in [-0.15, -0.1) is 12.4 Å². The zero-order valence-corrected chi connectivity index (χ0v) is 5.49. The first-order chi connectivity index (χ1) is 2.89. The van der Waals surface area contributed by atoms with Gasteiger partial charge in [0.2, 0.25) is 0 Å². The molecule has 1 rings (SSSR count). The zero-order chi connectivity index (χ0) is 4.99. The fourth-order valence-electron chi connectivity index (χ4n) is 0.0962. The Bertz CT molecular complexity index is 30.9. The third kappa shape index (κ3) is 10.7. The molecule has 0 radical (unpaired) electrons. The van der Waals surface area contributed by atoms with Crippen LogP contribution >= 0.6 is 12.4 Å². The smallest absolute Gasteiger partial charge is 0.0781 e. The molecule has 0 aromatic carbocycles. The van der Waals surface area contributed by atoms with E-state index in [0.29, 0.717) is 6.10 Å². The van der Waals surface area contributed by atoms with Crippen molar-refractivity contribution in [3.63, 3.8) is 0 Å². The second kappa shape index (κ2) is 6.21. The number of epoxide rings is 1. The molecule has 2 nitrogen and oxygen atoms in total. The Morgan fingerprint density at radius 1 is 1.57 bits per heavy atom. The topological polar surface area (TPSA) is 38.5 Å². The number of hydrogen-bond acceptors (Lipinski definition) is 2. The summed E-state index contributed by atoms with van der Waals surface area (Å²) in [5.41, 5.74) is 4.50. The molecule has 1 aliphatic heterocycles. The summed E-state index contributed by atoms with van der Waals surface area (Å²) < 4.78 is 4.71. The highest BCUT2D eigenvalue weighted by atomic mass is 35.5. The van der Waals surface area contributed by atoms with Crippen LogP contribution in [0, 0.1) is 0 Å². The Morgan fingerprint density at radius 2 is 1.71 bits per heavy atom. The molecule has 1 aliphatic rings. The molecule has 0 aromatic rings. The van der Waals surface area contributed by atoms with Crippen molar-refractivity contribution in [3.8, 4) is 0 Å². The largest absolute Gasteiger partial charge is 0.373 e. The molecule has 1 fully saturated rings. The summed E-state index contributed by atoms with van der Waals surface area (Å²) in [6, 6.07) is 0. The van der Waals surface area contributed by atoms with Gasteiger partial charge in [-0.25, -0.2) is 0 Å². The molecular formula is C4H12ClNO. The molecule has 1 heterocycles. The summed E-state index contributed by atoms with van der Waals surface area (Å²) in [4.78, 5) is 0. The van der Waals surface area contributed by atoms with Crippen molar-refractivity contribution < 1.29 is 4.74 Å². The summed E-state index contributed by atoms with van der Waals surface area (Å²) in [6.45, 7) is 3.04. The van der Waals surface area contributed by atoms with E-state index >= 15 is 0 Å². The van der Waals surface area contributed by atoms with Gasteiger partial charge < -0.3 is 10.5 Å². The van der Waals surface area contributed by atoms with Gasteiger partial charge in [0.1, 0.15) is 0 Å². The van der Waals surface area contributed by atoms with Crippen molar-refractivity contribution in [2.24, 2.45) is 5.73 Å². The Morgan fingerprint density at radius 3 is 1.71 bits per heavy atom. The van der Waals surface area contributed by atoms with E-state index in [1.165, 1.54) is 7.05 Å². The van der Waals surface area contributed by atoms with Crippen LogP contribution in [0.15, 0.2) is 0 Å². The maximum Gasteiger partial charge on any atom is 0.0781 e. The highest BCUT2D eigenvalue weighted by Gasteiger charge is 2.13. The molecule has 1 atom stereocenters. The number of rotatable bonds is 0. The fourth-order valence-corrected chi connectivity index (χ4v) is 0.0962. The van der Waals surface area contributed by atoms with E-state index in [-0.39, 0.29) is 12.4 Å². The van der Waals surface area contributed by atoms with Gasteiger partial charge in [-0.2, -0.15) is 0 Å². The molecule has 0 bridgehead atoms. The second-order valence-electron chi connectivity index (χ2n) is 1.14. The maximum absolute atomic E-state index is 4.71. The fraction of sp³-hybridized carbons (Fsp3) is 1.00. The molecule has 3 heteroatoms. The van der Waals surface area contributed by atoms with Crippen LogP contribution in [-0.2, 0) is 4.74 Å². The lowest BCUT2D eigenvalue weighted by molar-refractivity contribution is 0.423. The lowest BCUT2D eigenvalue weighted by Crippen LogP contribution is -1.69. The van der Waals surface area contributed by atoms with Gasteiger partial charge in [-0.05, 0) is 14.0 Å². The van der Waals surface area contributed by atoms with Crippen molar-refractivity contribution in [2.75, 3.05) is 13.7 Å². The average molecular weight is 126 g/mol. The Balaban J connectivity index is 0. The van der Waals surface area contributed by atoms with E-state index in [9.17, 15) is 0 Å². The minimum atomic E-state index is 0. The lowest BCUT2D eigenvalue weighted by Gasteiger charge is -1.50. The molecule has 1 unspecified atom stereocenters. The number of nitrogens with two attached hydrogens (primary N) is 1. The molecule has 0 saturated carbocycles. The summed E-state index contributed by atoms with van der Waals surface area (Å²) in [7, 11) is 1.50. The number of hydrogen-bond donors (Lipinski definition) is 1. The summed E-state index contributed by atoms with van der Waals surface area (Å²) in [6.07, 6.45) is 0.583. The zero-order valence-electron chi connectivity index (χ0n) is 4.68. The molecule has 46 valence electrons. The molecule has 1 saturated heterocycles. The van der Waals surface area contributed by atoms with Crippen LogP contribution in [0.3, 0.4) is 0 Å². The predicted molar refractivity (Wildman–Crippen MR) is 32.8 cm³/mol. The minimum Gasteiger partial charge on any atom is -0.373 e. The third-order valence-electron chi connectivity index (χ3n) is 0.500. The van der Waals surface area contributed by atoms with Crippen LogP contribution in [0.4, 0.5) is 0 Å². The van der Waals surface area contributed by atoms with Gasteiger partial charge in [0, 0.05) is 0 Å². The van der Waals surface area contributed by atoms with Gasteiger partial charge in [0.25, 0.3) is 0 Å². The Hall–Kier alpha value is 0.210. The van der Waals surface area contributed by atoms with Crippen molar-refractivity contribution in [3.05, 3.63) is 0 Å². The van der Waals surface area contributed by atoms with Gasteiger partial charge in [-0.3, -0.25) is 0 Å². The van der Waals surface area contributed by atoms with E-state index in [2.05, 4.69) is 12.7 Å². The van der Waals surface area contributed by atoms with Crippen LogP contribution < -0.4 is 5.73 Å². The molecule has 0 aliphatic carbocycles. The Kier molecular flexibility index (Phi) is 9.09. The highest BCUT2D eigenvalue weighted by Crippen LogP contribution is 2.04. The van der Waals surface area contributed by atoms with Crippen LogP contribution in [0.25, 0.3) is 0 Å². The van der Waals surface area contributed by atoms with E-state index in [1.54, 1.807) is 0 Å². The predicted octanol–water partition coefficient (Wildman–Crippen LogP) is 0.402. The van der Waals surface area contributed by atoms with Gasteiger partial charge in [-0.1, -0.05) is 0 Å². The number of ether oxygens (including phenoxy) is 1. The van der Waals surface area contributed by atoms with E-state index in [4.69, 9.17) is 4.74 Å². The first-order valence-corrected chi connectivity index (χ1v) is 2.09. The van der Waals surface area contributed by atoms with Crippen molar-refractivity contribution in [2.45, 2.75) is 13.0 Å².